The fraction of sp³-hybridized carbons (Fsp3) is 0.429. The van der Waals surface area contributed by atoms with Crippen molar-refractivity contribution < 1.29 is 4.79 Å². The number of nitrogens with one attached hydrogen (secondary N) is 1. The van der Waals surface area contributed by atoms with E-state index in [-0.39, 0.29) is 11.7 Å². The molecule has 1 amide bonds. The Morgan fingerprint density at radius 1 is 1.26 bits per heavy atom. The number of anilines is 1. The Morgan fingerprint density at radius 2 is 2.00 bits per heavy atom. The van der Waals surface area contributed by atoms with Gasteiger partial charge < -0.3 is 10.2 Å². The van der Waals surface area contributed by atoms with Gasteiger partial charge in [-0.05, 0) is 37.8 Å². The summed E-state index contributed by atoms with van der Waals surface area (Å²) in [5.74, 6) is 0.686. The van der Waals surface area contributed by atoms with Crippen molar-refractivity contribution in [3.05, 3.63) is 24.3 Å². The predicted octanol–water partition coefficient (Wildman–Crippen LogP) is 2.63. The molecule has 1 N–H and O–H groups in total. The average molecular weight is 256 g/mol. The van der Waals surface area contributed by atoms with Crippen LogP contribution in [-0.2, 0) is 0 Å². The Balaban J connectivity index is 1.94. The molecule has 4 rings (SSSR count). The summed E-state index contributed by atoms with van der Waals surface area (Å²) in [6.45, 7) is 0. The van der Waals surface area contributed by atoms with Crippen molar-refractivity contribution in [2.24, 2.45) is 0 Å². The summed E-state index contributed by atoms with van der Waals surface area (Å²) in [7, 11) is 1.89. The van der Waals surface area contributed by atoms with Gasteiger partial charge in [-0.25, -0.2) is 14.3 Å². The Hall–Kier alpha value is -2.04. The van der Waals surface area contributed by atoms with Gasteiger partial charge in [-0.2, -0.15) is 0 Å². The van der Waals surface area contributed by atoms with E-state index >= 15 is 0 Å². The Kier molecular flexibility index (Phi) is 2.00. The van der Waals surface area contributed by atoms with E-state index in [1.165, 1.54) is 0 Å². The summed E-state index contributed by atoms with van der Waals surface area (Å²) >= 11 is 0. The van der Waals surface area contributed by atoms with Crippen LogP contribution >= 0.6 is 0 Å². The largest absolute Gasteiger partial charge is 0.333 e. The highest BCUT2D eigenvalue weighted by atomic mass is 16.2. The molecule has 0 saturated heterocycles. The van der Waals surface area contributed by atoms with Crippen molar-refractivity contribution in [2.45, 2.75) is 31.3 Å². The van der Waals surface area contributed by atoms with Crippen LogP contribution in [-0.4, -0.2) is 33.2 Å². The maximum atomic E-state index is 12.7. The smallest absolute Gasteiger partial charge is 0.332 e. The first-order valence-corrected chi connectivity index (χ1v) is 6.75. The fourth-order valence-electron chi connectivity index (χ4n) is 3.35. The zero-order valence-corrected chi connectivity index (χ0v) is 10.9. The third kappa shape index (κ3) is 1.30. The van der Waals surface area contributed by atoms with Crippen LogP contribution in [0.25, 0.3) is 11.0 Å². The van der Waals surface area contributed by atoms with E-state index in [1.54, 1.807) is 4.57 Å². The van der Waals surface area contributed by atoms with Gasteiger partial charge >= 0.3 is 6.03 Å². The number of amides is 1. The number of imidazole rings is 1. The average Bonchev–Trinajstić information content (AvgIpc) is 3.01. The molecular weight excluding hydrogens is 240 g/mol. The Morgan fingerprint density at radius 3 is 2.79 bits per heavy atom. The first kappa shape index (κ1) is 10.8. The number of benzene rings is 1. The lowest BCUT2D eigenvalue weighted by Crippen LogP contribution is -2.58. The molecule has 1 aliphatic carbocycles. The molecule has 0 unspecified atom stereocenters. The lowest BCUT2D eigenvalue weighted by atomic mass is 10.1. The minimum atomic E-state index is -0.228. The number of nitrogens with zero attached hydrogens (tertiary/aromatic N) is 3. The minimum absolute atomic E-state index is 0.0179. The minimum Gasteiger partial charge on any atom is -0.332 e. The van der Waals surface area contributed by atoms with Gasteiger partial charge in [0.05, 0.1) is 11.0 Å². The monoisotopic (exact) mass is 256 g/mol. The van der Waals surface area contributed by atoms with E-state index < -0.39 is 0 Å². The molecule has 1 saturated carbocycles. The number of carbonyl (C=O) groups excluding carboxylic acids is 1. The van der Waals surface area contributed by atoms with Crippen LogP contribution in [0.1, 0.15) is 25.7 Å². The third-order valence-corrected chi connectivity index (χ3v) is 4.46. The molecular formula is C14H16N4O. The van der Waals surface area contributed by atoms with Crippen molar-refractivity contribution in [1.82, 2.24) is 14.5 Å². The van der Waals surface area contributed by atoms with Crippen LogP contribution in [0.5, 0.6) is 0 Å². The van der Waals surface area contributed by atoms with Crippen LogP contribution < -0.4 is 5.32 Å². The van der Waals surface area contributed by atoms with Gasteiger partial charge in [0.1, 0.15) is 5.66 Å². The zero-order valence-electron chi connectivity index (χ0n) is 10.9. The van der Waals surface area contributed by atoms with Gasteiger partial charge in [0.15, 0.2) is 0 Å². The molecule has 98 valence electrons. The van der Waals surface area contributed by atoms with Crippen LogP contribution in [0.3, 0.4) is 0 Å². The third-order valence-electron chi connectivity index (χ3n) is 4.46. The lowest BCUT2D eigenvalue weighted by Gasteiger charge is -2.43. The van der Waals surface area contributed by atoms with E-state index in [2.05, 4.69) is 10.3 Å². The highest BCUT2D eigenvalue weighted by Gasteiger charge is 2.45. The number of rotatable bonds is 0. The van der Waals surface area contributed by atoms with Gasteiger partial charge in [0, 0.05) is 7.05 Å². The molecule has 5 nitrogen and oxygen atoms in total. The molecule has 5 heteroatoms. The van der Waals surface area contributed by atoms with Crippen LogP contribution in [0, 0.1) is 0 Å². The first-order valence-electron chi connectivity index (χ1n) is 6.75. The van der Waals surface area contributed by atoms with Crippen molar-refractivity contribution in [2.75, 3.05) is 12.4 Å². The summed E-state index contributed by atoms with van der Waals surface area (Å²) < 4.78 is 1.68. The number of para-hydroxylation sites is 2. The molecule has 1 spiro atoms. The second kappa shape index (κ2) is 3.50. The molecule has 1 fully saturated rings. The normalized spacial score (nSPS) is 20.9. The zero-order chi connectivity index (χ0) is 13.0. The number of carbonyl (C=O) groups is 1. The van der Waals surface area contributed by atoms with E-state index in [1.807, 2.05) is 36.2 Å². The van der Waals surface area contributed by atoms with E-state index in [0.29, 0.717) is 5.95 Å². The molecule has 2 aromatic rings. The molecule has 0 radical (unpaired) electrons. The van der Waals surface area contributed by atoms with Gasteiger partial charge in [0.25, 0.3) is 0 Å². The van der Waals surface area contributed by atoms with Crippen molar-refractivity contribution in [1.29, 1.82) is 0 Å². The maximum Gasteiger partial charge on any atom is 0.333 e. The van der Waals surface area contributed by atoms with Gasteiger partial charge in [-0.15, -0.1) is 0 Å². The highest BCUT2D eigenvalue weighted by Crippen LogP contribution is 2.39. The first-order chi connectivity index (χ1) is 9.21. The molecule has 1 aliphatic heterocycles. The van der Waals surface area contributed by atoms with Crippen molar-refractivity contribution in [3.8, 4) is 0 Å². The highest BCUT2D eigenvalue weighted by molar-refractivity contribution is 5.94. The van der Waals surface area contributed by atoms with Crippen molar-refractivity contribution in [3.63, 3.8) is 0 Å². The summed E-state index contributed by atoms with van der Waals surface area (Å²) in [6, 6.07) is 7.78. The van der Waals surface area contributed by atoms with Crippen LogP contribution in [0.2, 0.25) is 0 Å². The molecule has 1 aromatic heterocycles. The molecule has 19 heavy (non-hydrogen) atoms. The maximum absolute atomic E-state index is 12.7. The lowest BCUT2D eigenvalue weighted by molar-refractivity contribution is 0.147. The molecule has 2 heterocycles. The van der Waals surface area contributed by atoms with E-state index in [0.717, 1.165) is 36.7 Å². The van der Waals surface area contributed by atoms with Gasteiger partial charge in [-0.1, -0.05) is 12.1 Å². The van der Waals surface area contributed by atoms with Crippen LogP contribution in [0.15, 0.2) is 24.3 Å². The number of fused-ring (bicyclic) bond motifs is 3. The summed E-state index contributed by atoms with van der Waals surface area (Å²) in [5, 5.41) is 3.50. The number of hydrogen-bond donors (Lipinski definition) is 1. The summed E-state index contributed by atoms with van der Waals surface area (Å²) in [4.78, 5) is 19.1. The topological polar surface area (TPSA) is 50.2 Å². The molecule has 1 aromatic carbocycles. The SMILES string of the molecule is CN1C(=O)n2c(nc3ccccc32)NC12CCCC2. The van der Waals surface area contributed by atoms with Crippen LogP contribution in [0.4, 0.5) is 10.7 Å². The standard InChI is InChI=1S/C14H16N4O/c1-17-13(19)18-11-7-3-2-6-10(11)15-12(18)16-14(17)8-4-5-9-14/h2-3,6-7H,4-5,8-9H2,1H3,(H,15,16). The summed E-state index contributed by atoms with van der Waals surface area (Å²) in [6.07, 6.45) is 4.31. The summed E-state index contributed by atoms with van der Waals surface area (Å²) in [5.41, 5.74) is 1.51. The predicted molar refractivity (Wildman–Crippen MR) is 73.1 cm³/mol. The second-order valence-electron chi connectivity index (χ2n) is 5.46. The Labute approximate surface area is 111 Å². The molecule has 2 aliphatic rings. The second-order valence-corrected chi connectivity index (χ2v) is 5.46. The number of hydrogen-bond acceptors (Lipinski definition) is 3. The van der Waals surface area contributed by atoms with E-state index in [9.17, 15) is 4.79 Å². The number of aromatic nitrogens is 2. The van der Waals surface area contributed by atoms with Gasteiger partial charge in [-0.3, -0.25) is 0 Å². The quantitative estimate of drug-likeness (QED) is 0.788. The van der Waals surface area contributed by atoms with E-state index in [4.69, 9.17) is 0 Å². The molecule has 0 bridgehead atoms. The van der Waals surface area contributed by atoms with Gasteiger partial charge in [0.2, 0.25) is 5.95 Å². The fourth-order valence-corrected chi connectivity index (χ4v) is 3.35. The Bertz CT molecular complexity index is 669. The molecule has 0 atom stereocenters. The van der Waals surface area contributed by atoms with Crippen molar-refractivity contribution >= 4 is 23.0 Å².